The van der Waals surface area contributed by atoms with Crippen LogP contribution >= 0.6 is 11.6 Å². The van der Waals surface area contributed by atoms with Gasteiger partial charge in [-0.2, -0.15) is 0 Å². The number of para-hydroxylation sites is 1. The van der Waals surface area contributed by atoms with E-state index >= 15 is 0 Å². The minimum atomic E-state index is -0.208. The SMILES string of the molecule is COc1cccc(C(=O)NCCc2ccc(Cl)cc2)c1N. The third-order valence-corrected chi connectivity index (χ3v) is 3.40. The lowest BCUT2D eigenvalue weighted by molar-refractivity contribution is 0.0954. The van der Waals surface area contributed by atoms with E-state index in [9.17, 15) is 4.79 Å². The lowest BCUT2D eigenvalue weighted by atomic mass is 10.1. The van der Waals surface area contributed by atoms with Crippen LogP contribution in [-0.4, -0.2) is 19.6 Å². The minimum absolute atomic E-state index is 0.208. The molecule has 0 radical (unpaired) electrons. The van der Waals surface area contributed by atoms with Crippen molar-refractivity contribution >= 4 is 23.2 Å². The molecule has 2 aromatic carbocycles. The quantitative estimate of drug-likeness (QED) is 0.835. The van der Waals surface area contributed by atoms with E-state index in [0.29, 0.717) is 28.6 Å². The summed E-state index contributed by atoms with van der Waals surface area (Å²) in [5.41, 5.74) is 7.78. The van der Waals surface area contributed by atoms with Crippen LogP contribution < -0.4 is 15.8 Å². The third kappa shape index (κ3) is 3.89. The fraction of sp³-hybridized carbons (Fsp3) is 0.188. The number of halogens is 1. The average molecular weight is 305 g/mol. The van der Waals surface area contributed by atoms with Crippen LogP contribution in [0.15, 0.2) is 42.5 Å². The summed E-state index contributed by atoms with van der Waals surface area (Å²) < 4.78 is 5.10. The lowest BCUT2D eigenvalue weighted by Gasteiger charge is -2.10. The minimum Gasteiger partial charge on any atom is -0.495 e. The summed E-state index contributed by atoms with van der Waals surface area (Å²) >= 11 is 5.83. The number of carbonyl (C=O) groups is 1. The zero-order chi connectivity index (χ0) is 15.2. The summed E-state index contributed by atoms with van der Waals surface area (Å²) in [7, 11) is 1.52. The number of nitrogens with two attached hydrogens (primary N) is 1. The molecule has 0 saturated heterocycles. The monoisotopic (exact) mass is 304 g/mol. The van der Waals surface area contributed by atoms with Gasteiger partial charge in [-0.25, -0.2) is 0 Å². The number of methoxy groups -OCH3 is 1. The number of nitrogen functional groups attached to an aromatic ring is 1. The van der Waals surface area contributed by atoms with E-state index in [4.69, 9.17) is 22.1 Å². The molecule has 4 nitrogen and oxygen atoms in total. The molecule has 0 saturated carbocycles. The van der Waals surface area contributed by atoms with E-state index < -0.39 is 0 Å². The normalized spacial score (nSPS) is 10.2. The Bertz CT molecular complexity index is 627. The average Bonchev–Trinajstić information content (AvgIpc) is 2.49. The Morgan fingerprint density at radius 3 is 2.62 bits per heavy atom. The molecule has 0 aliphatic carbocycles. The molecule has 0 heterocycles. The number of anilines is 1. The van der Waals surface area contributed by atoms with Gasteiger partial charge in [0.2, 0.25) is 0 Å². The van der Waals surface area contributed by atoms with Crippen LogP contribution in [0.2, 0.25) is 5.02 Å². The van der Waals surface area contributed by atoms with Gasteiger partial charge in [0.1, 0.15) is 5.75 Å². The van der Waals surface area contributed by atoms with E-state index in [1.807, 2.05) is 24.3 Å². The highest BCUT2D eigenvalue weighted by atomic mass is 35.5. The molecule has 3 N–H and O–H groups in total. The van der Waals surface area contributed by atoms with Crippen molar-refractivity contribution in [3.05, 3.63) is 58.6 Å². The van der Waals surface area contributed by atoms with Crippen molar-refractivity contribution in [3.8, 4) is 5.75 Å². The molecule has 0 aliphatic rings. The second-order valence-electron chi connectivity index (χ2n) is 4.55. The molecule has 0 unspecified atom stereocenters. The molecule has 0 spiro atoms. The summed E-state index contributed by atoms with van der Waals surface area (Å²) in [6.45, 7) is 0.525. The van der Waals surface area contributed by atoms with Crippen LogP contribution in [0.5, 0.6) is 5.75 Å². The number of carbonyl (C=O) groups excluding carboxylic acids is 1. The van der Waals surface area contributed by atoms with Gasteiger partial charge >= 0.3 is 0 Å². The highest BCUT2D eigenvalue weighted by Crippen LogP contribution is 2.24. The number of rotatable bonds is 5. The van der Waals surface area contributed by atoms with Crippen LogP contribution in [0.25, 0.3) is 0 Å². The second kappa shape index (κ2) is 6.99. The highest BCUT2D eigenvalue weighted by molar-refractivity contribution is 6.30. The van der Waals surface area contributed by atoms with Gasteiger partial charge in [-0.3, -0.25) is 4.79 Å². The molecule has 0 aromatic heterocycles. The Hall–Kier alpha value is -2.20. The first-order chi connectivity index (χ1) is 10.1. The number of nitrogens with one attached hydrogen (secondary N) is 1. The molecular weight excluding hydrogens is 288 g/mol. The molecule has 0 atom stereocenters. The van der Waals surface area contributed by atoms with Crippen molar-refractivity contribution in [1.82, 2.24) is 5.32 Å². The van der Waals surface area contributed by atoms with Crippen molar-refractivity contribution < 1.29 is 9.53 Å². The number of hydrogen-bond acceptors (Lipinski definition) is 3. The van der Waals surface area contributed by atoms with Gasteiger partial charge in [0, 0.05) is 11.6 Å². The Balaban J connectivity index is 1.94. The lowest BCUT2D eigenvalue weighted by Crippen LogP contribution is -2.26. The summed E-state index contributed by atoms with van der Waals surface area (Å²) in [4.78, 5) is 12.1. The van der Waals surface area contributed by atoms with Gasteiger partial charge in [-0.15, -0.1) is 0 Å². The summed E-state index contributed by atoms with van der Waals surface area (Å²) in [6.07, 6.45) is 0.729. The first kappa shape index (κ1) is 15.2. The van der Waals surface area contributed by atoms with E-state index in [0.717, 1.165) is 12.0 Å². The third-order valence-electron chi connectivity index (χ3n) is 3.14. The molecule has 110 valence electrons. The second-order valence-corrected chi connectivity index (χ2v) is 4.99. The summed E-state index contributed by atoms with van der Waals surface area (Å²) in [5, 5.41) is 3.55. The van der Waals surface area contributed by atoms with Gasteiger partial charge in [0.25, 0.3) is 5.91 Å². The van der Waals surface area contributed by atoms with Crippen LogP contribution in [0, 0.1) is 0 Å². The maximum atomic E-state index is 12.1. The summed E-state index contributed by atoms with van der Waals surface area (Å²) in [5.74, 6) is 0.292. The zero-order valence-electron chi connectivity index (χ0n) is 11.7. The van der Waals surface area contributed by atoms with Crippen LogP contribution in [0.3, 0.4) is 0 Å². The Morgan fingerprint density at radius 1 is 1.24 bits per heavy atom. The van der Waals surface area contributed by atoms with E-state index in [1.54, 1.807) is 18.2 Å². The molecule has 0 bridgehead atoms. The predicted octanol–water partition coefficient (Wildman–Crippen LogP) is 2.90. The maximum Gasteiger partial charge on any atom is 0.253 e. The fourth-order valence-corrected chi connectivity index (χ4v) is 2.11. The van der Waals surface area contributed by atoms with Crippen molar-refractivity contribution in [2.75, 3.05) is 19.4 Å². The predicted molar refractivity (Wildman–Crippen MR) is 84.9 cm³/mol. The van der Waals surface area contributed by atoms with Crippen molar-refractivity contribution in [2.24, 2.45) is 0 Å². The largest absolute Gasteiger partial charge is 0.495 e. The molecule has 1 amide bonds. The highest BCUT2D eigenvalue weighted by Gasteiger charge is 2.12. The standard InChI is InChI=1S/C16H17ClN2O2/c1-21-14-4-2-3-13(15(14)18)16(20)19-10-9-11-5-7-12(17)8-6-11/h2-8H,9-10,18H2,1H3,(H,19,20). The van der Waals surface area contributed by atoms with E-state index in [1.165, 1.54) is 7.11 Å². The molecule has 2 rings (SSSR count). The molecule has 0 fully saturated rings. The smallest absolute Gasteiger partial charge is 0.253 e. The Kier molecular flexibility index (Phi) is 5.06. The first-order valence-corrected chi connectivity index (χ1v) is 6.94. The van der Waals surface area contributed by atoms with Gasteiger partial charge < -0.3 is 15.8 Å². The molecule has 21 heavy (non-hydrogen) atoms. The number of hydrogen-bond donors (Lipinski definition) is 2. The van der Waals surface area contributed by atoms with Crippen molar-refractivity contribution in [3.63, 3.8) is 0 Å². The van der Waals surface area contributed by atoms with Crippen molar-refractivity contribution in [2.45, 2.75) is 6.42 Å². The van der Waals surface area contributed by atoms with E-state index in [-0.39, 0.29) is 5.91 Å². The van der Waals surface area contributed by atoms with Crippen LogP contribution in [0.4, 0.5) is 5.69 Å². The number of benzene rings is 2. The molecular formula is C16H17ClN2O2. The molecule has 2 aromatic rings. The summed E-state index contributed by atoms with van der Waals surface area (Å²) in [6, 6.07) is 12.7. The fourth-order valence-electron chi connectivity index (χ4n) is 1.99. The first-order valence-electron chi connectivity index (χ1n) is 6.57. The van der Waals surface area contributed by atoms with Gasteiger partial charge in [-0.1, -0.05) is 29.8 Å². The van der Waals surface area contributed by atoms with Gasteiger partial charge in [0.05, 0.1) is 18.4 Å². The Labute approximate surface area is 128 Å². The zero-order valence-corrected chi connectivity index (χ0v) is 12.5. The Morgan fingerprint density at radius 2 is 1.95 bits per heavy atom. The van der Waals surface area contributed by atoms with Gasteiger partial charge in [-0.05, 0) is 36.2 Å². The van der Waals surface area contributed by atoms with Crippen molar-refractivity contribution in [1.29, 1.82) is 0 Å². The maximum absolute atomic E-state index is 12.1. The molecule has 0 aliphatic heterocycles. The number of amides is 1. The van der Waals surface area contributed by atoms with Gasteiger partial charge in [0.15, 0.2) is 0 Å². The molecule has 5 heteroatoms. The van der Waals surface area contributed by atoms with E-state index in [2.05, 4.69) is 5.32 Å². The number of ether oxygens (including phenoxy) is 1. The topological polar surface area (TPSA) is 64.3 Å². The van der Waals surface area contributed by atoms with Crippen LogP contribution in [0.1, 0.15) is 15.9 Å². The van der Waals surface area contributed by atoms with Crippen LogP contribution in [-0.2, 0) is 6.42 Å².